The Morgan fingerprint density at radius 2 is 1.67 bits per heavy atom. The molecule has 2 N–H and O–H groups in total. The van der Waals surface area contributed by atoms with Gasteiger partial charge in [0, 0.05) is 23.0 Å². The molecule has 2 amide bonds. The minimum Gasteiger partial charge on any atom is -0.399 e. The van der Waals surface area contributed by atoms with Crippen LogP contribution in [0.25, 0.3) is 0 Å². The Morgan fingerprint density at radius 3 is 2.29 bits per heavy atom. The van der Waals surface area contributed by atoms with Crippen molar-refractivity contribution in [1.82, 2.24) is 0 Å². The fourth-order valence-electron chi connectivity index (χ4n) is 3.63. The van der Waals surface area contributed by atoms with Gasteiger partial charge in [-0.2, -0.15) is 0 Å². The van der Waals surface area contributed by atoms with Crippen LogP contribution in [0.4, 0.5) is 11.4 Å². The molecule has 0 unspecified atom stereocenters. The standard InChI is InChI=1S/C16H19BrN2O2/c17-12-5-4-11(18)8-13(12)19-14(20)9-16(10-15(19)21)6-2-1-3-7-16/h4-5,8H,1-3,6-7,9-10,18H2. The smallest absolute Gasteiger partial charge is 0.234 e. The number of hydrogen-bond acceptors (Lipinski definition) is 3. The molecular formula is C16H19BrN2O2. The van der Waals surface area contributed by atoms with Crippen molar-refractivity contribution in [2.75, 3.05) is 10.6 Å². The predicted molar refractivity (Wildman–Crippen MR) is 85.8 cm³/mol. The molecular weight excluding hydrogens is 332 g/mol. The van der Waals surface area contributed by atoms with Crippen LogP contribution in [0.3, 0.4) is 0 Å². The van der Waals surface area contributed by atoms with Gasteiger partial charge in [-0.05, 0) is 52.4 Å². The molecule has 0 bridgehead atoms. The highest BCUT2D eigenvalue weighted by Crippen LogP contribution is 2.46. The Balaban J connectivity index is 1.90. The first-order valence-electron chi connectivity index (χ1n) is 7.42. The van der Waals surface area contributed by atoms with Gasteiger partial charge in [0.05, 0.1) is 5.69 Å². The summed E-state index contributed by atoms with van der Waals surface area (Å²) in [6.45, 7) is 0. The number of hydrogen-bond donors (Lipinski definition) is 1. The van der Waals surface area contributed by atoms with Crippen molar-refractivity contribution in [3.8, 4) is 0 Å². The van der Waals surface area contributed by atoms with Crippen LogP contribution in [0, 0.1) is 5.41 Å². The highest BCUT2D eigenvalue weighted by molar-refractivity contribution is 9.10. The first-order chi connectivity index (χ1) is 10.0. The van der Waals surface area contributed by atoms with Crippen molar-refractivity contribution < 1.29 is 9.59 Å². The number of anilines is 2. The molecule has 4 nitrogen and oxygen atoms in total. The Kier molecular flexibility index (Phi) is 3.78. The fraction of sp³-hybridized carbons (Fsp3) is 0.500. The quantitative estimate of drug-likeness (QED) is 0.621. The molecule has 112 valence electrons. The second-order valence-electron chi connectivity index (χ2n) is 6.25. The molecule has 1 aromatic carbocycles. The number of imide groups is 1. The Hall–Kier alpha value is -1.36. The average molecular weight is 351 g/mol. The minimum atomic E-state index is -0.0977. The maximum Gasteiger partial charge on any atom is 0.234 e. The number of piperidine rings is 1. The van der Waals surface area contributed by atoms with Gasteiger partial charge in [-0.25, -0.2) is 4.90 Å². The van der Waals surface area contributed by atoms with E-state index in [4.69, 9.17) is 5.73 Å². The van der Waals surface area contributed by atoms with Crippen molar-refractivity contribution in [2.45, 2.75) is 44.9 Å². The number of amides is 2. The van der Waals surface area contributed by atoms with E-state index in [0.717, 1.165) is 30.2 Å². The maximum atomic E-state index is 12.6. The van der Waals surface area contributed by atoms with Crippen molar-refractivity contribution in [3.05, 3.63) is 22.7 Å². The lowest BCUT2D eigenvalue weighted by Gasteiger charge is -2.42. The third kappa shape index (κ3) is 2.71. The lowest BCUT2D eigenvalue weighted by atomic mass is 9.67. The second kappa shape index (κ2) is 5.44. The molecule has 1 aliphatic carbocycles. The third-order valence-corrected chi connectivity index (χ3v) is 5.35. The monoisotopic (exact) mass is 350 g/mol. The van der Waals surface area contributed by atoms with Gasteiger partial charge in [0.25, 0.3) is 0 Å². The van der Waals surface area contributed by atoms with E-state index in [1.54, 1.807) is 18.2 Å². The van der Waals surface area contributed by atoms with E-state index in [2.05, 4.69) is 15.9 Å². The molecule has 2 aliphatic rings. The SMILES string of the molecule is Nc1ccc(Br)c(N2C(=O)CC3(CCCCC3)CC2=O)c1. The number of nitrogens with two attached hydrogens (primary N) is 1. The van der Waals surface area contributed by atoms with Crippen LogP contribution in [0.2, 0.25) is 0 Å². The van der Waals surface area contributed by atoms with Crippen LogP contribution in [0.1, 0.15) is 44.9 Å². The summed E-state index contributed by atoms with van der Waals surface area (Å²) in [6.07, 6.45) is 6.41. The molecule has 1 spiro atoms. The van der Waals surface area contributed by atoms with Gasteiger partial charge in [-0.1, -0.05) is 19.3 Å². The van der Waals surface area contributed by atoms with E-state index in [-0.39, 0.29) is 17.2 Å². The van der Waals surface area contributed by atoms with E-state index in [1.807, 2.05) is 0 Å². The molecule has 21 heavy (non-hydrogen) atoms. The van der Waals surface area contributed by atoms with Crippen LogP contribution in [-0.2, 0) is 9.59 Å². The zero-order chi connectivity index (χ0) is 15.0. The molecule has 0 atom stereocenters. The van der Waals surface area contributed by atoms with Gasteiger partial charge < -0.3 is 5.73 Å². The number of benzene rings is 1. The molecule has 0 radical (unpaired) electrons. The zero-order valence-corrected chi connectivity index (χ0v) is 13.5. The Bertz CT molecular complexity index is 574. The van der Waals surface area contributed by atoms with Gasteiger partial charge in [-0.3, -0.25) is 9.59 Å². The molecule has 0 aromatic heterocycles. The Morgan fingerprint density at radius 1 is 1.05 bits per heavy atom. The summed E-state index contributed by atoms with van der Waals surface area (Å²) in [5, 5.41) is 0. The van der Waals surface area contributed by atoms with Crippen molar-refractivity contribution in [2.24, 2.45) is 5.41 Å². The lowest BCUT2D eigenvalue weighted by Crippen LogP contribution is -2.49. The Labute approximate surface area is 132 Å². The second-order valence-corrected chi connectivity index (χ2v) is 7.10. The van der Waals surface area contributed by atoms with Gasteiger partial charge in [-0.15, -0.1) is 0 Å². The van der Waals surface area contributed by atoms with Crippen LogP contribution in [-0.4, -0.2) is 11.8 Å². The van der Waals surface area contributed by atoms with Crippen LogP contribution >= 0.6 is 15.9 Å². The number of nitrogens with zero attached hydrogens (tertiary/aromatic N) is 1. The number of nitrogen functional groups attached to an aromatic ring is 1. The maximum absolute atomic E-state index is 12.6. The predicted octanol–water partition coefficient (Wildman–Crippen LogP) is 3.64. The zero-order valence-electron chi connectivity index (χ0n) is 11.9. The van der Waals surface area contributed by atoms with Gasteiger partial charge in [0.1, 0.15) is 0 Å². The average Bonchev–Trinajstić information content (AvgIpc) is 2.42. The number of rotatable bonds is 1. The fourth-order valence-corrected chi connectivity index (χ4v) is 4.05. The van der Waals surface area contributed by atoms with Crippen LogP contribution in [0.5, 0.6) is 0 Å². The van der Waals surface area contributed by atoms with E-state index in [9.17, 15) is 9.59 Å². The molecule has 1 aliphatic heterocycles. The summed E-state index contributed by atoms with van der Waals surface area (Å²) in [7, 11) is 0. The van der Waals surface area contributed by atoms with E-state index in [0.29, 0.717) is 24.2 Å². The van der Waals surface area contributed by atoms with Crippen molar-refractivity contribution >= 4 is 39.1 Å². The van der Waals surface area contributed by atoms with Crippen LogP contribution in [0.15, 0.2) is 22.7 Å². The topological polar surface area (TPSA) is 63.4 Å². The molecule has 1 aromatic rings. The molecule has 1 saturated heterocycles. The summed E-state index contributed by atoms with van der Waals surface area (Å²) >= 11 is 3.41. The summed E-state index contributed by atoms with van der Waals surface area (Å²) in [5.74, 6) is -0.195. The van der Waals surface area contributed by atoms with Crippen molar-refractivity contribution in [1.29, 1.82) is 0 Å². The van der Waals surface area contributed by atoms with Gasteiger partial charge >= 0.3 is 0 Å². The molecule has 5 heteroatoms. The number of carbonyl (C=O) groups excluding carboxylic acids is 2. The molecule has 2 fully saturated rings. The van der Waals surface area contributed by atoms with E-state index in [1.165, 1.54) is 11.3 Å². The molecule has 1 saturated carbocycles. The van der Waals surface area contributed by atoms with Gasteiger partial charge in [0.15, 0.2) is 0 Å². The van der Waals surface area contributed by atoms with Crippen molar-refractivity contribution in [3.63, 3.8) is 0 Å². The highest BCUT2D eigenvalue weighted by Gasteiger charge is 2.44. The largest absolute Gasteiger partial charge is 0.399 e. The van der Waals surface area contributed by atoms with E-state index < -0.39 is 0 Å². The number of halogens is 1. The summed E-state index contributed by atoms with van der Waals surface area (Å²) in [6, 6.07) is 5.20. The molecule has 3 rings (SSSR count). The summed E-state index contributed by atoms with van der Waals surface area (Å²) < 4.78 is 0.720. The summed E-state index contributed by atoms with van der Waals surface area (Å²) in [4.78, 5) is 26.5. The normalized spacial score (nSPS) is 21.9. The highest BCUT2D eigenvalue weighted by atomic mass is 79.9. The first kappa shape index (κ1) is 14.6. The van der Waals surface area contributed by atoms with Crippen LogP contribution < -0.4 is 10.6 Å². The summed E-state index contributed by atoms with van der Waals surface area (Å²) in [5.41, 5.74) is 6.82. The minimum absolute atomic E-state index is 0.0876. The third-order valence-electron chi connectivity index (χ3n) is 4.68. The number of carbonyl (C=O) groups is 2. The first-order valence-corrected chi connectivity index (χ1v) is 8.21. The van der Waals surface area contributed by atoms with Gasteiger partial charge in [0.2, 0.25) is 11.8 Å². The lowest BCUT2D eigenvalue weighted by molar-refractivity contribution is -0.134. The van der Waals surface area contributed by atoms with E-state index >= 15 is 0 Å². The molecule has 1 heterocycles.